The molecule has 0 aliphatic carbocycles. The van der Waals surface area contributed by atoms with Crippen molar-refractivity contribution in [1.29, 1.82) is 0 Å². The third-order valence-electron chi connectivity index (χ3n) is 3.59. The second-order valence-corrected chi connectivity index (χ2v) is 4.79. The van der Waals surface area contributed by atoms with Crippen LogP contribution in [0.3, 0.4) is 0 Å². The number of hydrogen-bond donors (Lipinski definition) is 0. The van der Waals surface area contributed by atoms with E-state index in [1.165, 1.54) is 19.2 Å². The van der Waals surface area contributed by atoms with Gasteiger partial charge in [-0.1, -0.05) is 6.92 Å². The number of anilines is 1. The molecule has 1 aliphatic rings. The Balaban J connectivity index is 2.24. The number of aromatic nitrogens is 1. The number of ketones is 1. The summed E-state index contributed by atoms with van der Waals surface area (Å²) in [6.07, 6.45) is 1.18. The molecular formula is C13H18N4O3. The molecule has 20 heavy (non-hydrogen) atoms. The van der Waals surface area contributed by atoms with Crippen molar-refractivity contribution in [3.05, 3.63) is 27.9 Å². The van der Waals surface area contributed by atoms with E-state index in [4.69, 9.17) is 0 Å². The Morgan fingerprint density at radius 1 is 1.40 bits per heavy atom. The summed E-state index contributed by atoms with van der Waals surface area (Å²) in [6, 6.07) is 1.53. The molecule has 7 nitrogen and oxygen atoms in total. The predicted molar refractivity (Wildman–Crippen MR) is 75.2 cm³/mol. The molecule has 0 spiro atoms. The molecule has 0 unspecified atom stereocenters. The molecule has 1 aliphatic heterocycles. The molecule has 0 saturated carbocycles. The summed E-state index contributed by atoms with van der Waals surface area (Å²) in [5.74, 6) is 0.323. The molecular weight excluding hydrogens is 260 g/mol. The Labute approximate surface area is 117 Å². The van der Waals surface area contributed by atoms with Crippen LogP contribution < -0.4 is 4.90 Å². The van der Waals surface area contributed by atoms with Crippen LogP contribution in [0.15, 0.2) is 12.3 Å². The first kappa shape index (κ1) is 14.4. The van der Waals surface area contributed by atoms with Gasteiger partial charge >= 0.3 is 0 Å². The van der Waals surface area contributed by atoms with E-state index in [-0.39, 0.29) is 17.0 Å². The van der Waals surface area contributed by atoms with Crippen LogP contribution in [0.4, 0.5) is 11.5 Å². The Kier molecular flexibility index (Phi) is 4.29. The van der Waals surface area contributed by atoms with Crippen molar-refractivity contribution < 1.29 is 9.72 Å². The third kappa shape index (κ3) is 2.93. The van der Waals surface area contributed by atoms with Crippen molar-refractivity contribution in [2.75, 3.05) is 37.6 Å². The van der Waals surface area contributed by atoms with Crippen LogP contribution in [0.5, 0.6) is 0 Å². The first-order valence-corrected chi connectivity index (χ1v) is 6.65. The summed E-state index contributed by atoms with van der Waals surface area (Å²) in [4.78, 5) is 30.4. The molecule has 1 fully saturated rings. The standard InChI is InChI=1S/C13H18N4O3/c1-3-15-4-6-16(7-5-15)13-8-11(10(2)18)12(9-14-13)17(19)20/h8-9H,3-7H2,1-2H3. The average molecular weight is 278 g/mol. The van der Waals surface area contributed by atoms with E-state index < -0.39 is 4.92 Å². The van der Waals surface area contributed by atoms with Crippen molar-refractivity contribution in [2.45, 2.75) is 13.8 Å². The predicted octanol–water partition coefficient (Wildman–Crippen LogP) is 1.33. The van der Waals surface area contributed by atoms with Gasteiger partial charge in [-0.25, -0.2) is 4.98 Å². The van der Waals surface area contributed by atoms with Crippen LogP contribution in [0.2, 0.25) is 0 Å². The number of rotatable bonds is 4. The van der Waals surface area contributed by atoms with Gasteiger partial charge in [-0.2, -0.15) is 0 Å². The maximum Gasteiger partial charge on any atom is 0.298 e. The van der Waals surface area contributed by atoms with Gasteiger partial charge < -0.3 is 9.80 Å². The molecule has 108 valence electrons. The highest BCUT2D eigenvalue weighted by Gasteiger charge is 2.22. The van der Waals surface area contributed by atoms with Gasteiger partial charge in [0.25, 0.3) is 5.69 Å². The number of pyridine rings is 1. The molecule has 0 radical (unpaired) electrons. The van der Waals surface area contributed by atoms with E-state index in [0.717, 1.165) is 32.7 Å². The van der Waals surface area contributed by atoms with E-state index in [1.807, 2.05) is 0 Å². The molecule has 2 heterocycles. The van der Waals surface area contributed by atoms with Crippen molar-refractivity contribution in [1.82, 2.24) is 9.88 Å². The molecule has 0 N–H and O–H groups in total. The second-order valence-electron chi connectivity index (χ2n) is 4.79. The van der Waals surface area contributed by atoms with Gasteiger partial charge in [-0.3, -0.25) is 14.9 Å². The van der Waals surface area contributed by atoms with Crippen LogP contribution in [-0.2, 0) is 0 Å². The molecule has 0 bridgehead atoms. The zero-order valence-electron chi connectivity index (χ0n) is 11.7. The first-order chi connectivity index (χ1) is 9.52. The maximum absolute atomic E-state index is 11.5. The lowest BCUT2D eigenvalue weighted by molar-refractivity contribution is -0.385. The number of nitrogens with zero attached hydrogens (tertiary/aromatic N) is 4. The lowest BCUT2D eigenvalue weighted by atomic mass is 10.1. The quantitative estimate of drug-likeness (QED) is 0.469. The maximum atomic E-state index is 11.5. The fourth-order valence-corrected chi connectivity index (χ4v) is 2.33. The van der Waals surface area contributed by atoms with E-state index in [0.29, 0.717) is 5.82 Å². The van der Waals surface area contributed by atoms with Crippen LogP contribution in [0.1, 0.15) is 24.2 Å². The van der Waals surface area contributed by atoms with Crippen molar-refractivity contribution >= 4 is 17.3 Å². The topological polar surface area (TPSA) is 79.6 Å². The van der Waals surface area contributed by atoms with E-state index in [2.05, 4.69) is 21.7 Å². The second kappa shape index (κ2) is 5.96. The lowest BCUT2D eigenvalue weighted by Crippen LogP contribution is -2.46. The highest BCUT2D eigenvalue weighted by molar-refractivity contribution is 5.98. The van der Waals surface area contributed by atoms with Gasteiger partial charge in [-0.05, 0) is 19.5 Å². The largest absolute Gasteiger partial charge is 0.354 e. The van der Waals surface area contributed by atoms with E-state index in [9.17, 15) is 14.9 Å². The van der Waals surface area contributed by atoms with E-state index in [1.54, 1.807) is 0 Å². The van der Waals surface area contributed by atoms with Crippen LogP contribution in [0.25, 0.3) is 0 Å². The summed E-state index contributed by atoms with van der Waals surface area (Å²) in [7, 11) is 0. The average Bonchev–Trinajstić information content (AvgIpc) is 2.46. The Bertz CT molecular complexity index is 524. The zero-order chi connectivity index (χ0) is 14.7. The third-order valence-corrected chi connectivity index (χ3v) is 3.59. The van der Waals surface area contributed by atoms with Crippen molar-refractivity contribution in [2.24, 2.45) is 0 Å². The van der Waals surface area contributed by atoms with Gasteiger partial charge in [-0.15, -0.1) is 0 Å². The Morgan fingerprint density at radius 3 is 2.55 bits per heavy atom. The summed E-state index contributed by atoms with van der Waals surface area (Å²) in [6.45, 7) is 7.97. The fourth-order valence-electron chi connectivity index (χ4n) is 2.33. The minimum Gasteiger partial charge on any atom is -0.354 e. The fraction of sp³-hybridized carbons (Fsp3) is 0.538. The lowest BCUT2D eigenvalue weighted by Gasteiger charge is -2.34. The summed E-state index contributed by atoms with van der Waals surface area (Å²) >= 11 is 0. The number of likely N-dealkylation sites (N-methyl/N-ethyl adjacent to an activating group) is 1. The van der Waals surface area contributed by atoms with E-state index >= 15 is 0 Å². The first-order valence-electron chi connectivity index (χ1n) is 6.65. The highest BCUT2D eigenvalue weighted by Crippen LogP contribution is 2.23. The van der Waals surface area contributed by atoms with Gasteiger partial charge in [0.2, 0.25) is 0 Å². The number of carbonyl (C=O) groups is 1. The van der Waals surface area contributed by atoms with Gasteiger partial charge in [0.1, 0.15) is 17.6 Å². The van der Waals surface area contributed by atoms with Gasteiger partial charge in [0, 0.05) is 26.2 Å². The molecule has 0 amide bonds. The van der Waals surface area contributed by atoms with Crippen LogP contribution in [-0.4, -0.2) is 53.3 Å². The summed E-state index contributed by atoms with van der Waals surface area (Å²) in [5, 5.41) is 10.9. The van der Waals surface area contributed by atoms with Crippen LogP contribution in [0, 0.1) is 10.1 Å². The normalized spacial score (nSPS) is 16.2. The molecule has 0 aromatic carbocycles. The van der Waals surface area contributed by atoms with Crippen molar-refractivity contribution in [3.8, 4) is 0 Å². The zero-order valence-corrected chi connectivity index (χ0v) is 11.7. The number of hydrogen-bond acceptors (Lipinski definition) is 6. The summed E-state index contributed by atoms with van der Waals surface area (Å²) in [5.41, 5.74) is -0.105. The SMILES string of the molecule is CCN1CCN(c2cc(C(C)=O)c([N+](=O)[O-])cn2)CC1. The smallest absolute Gasteiger partial charge is 0.298 e. The molecule has 1 saturated heterocycles. The summed E-state index contributed by atoms with van der Waals surface area (Å²) < 4.78 is 0. The molecule has 1 aromatic rings. The highest BCUT2D eigenvalue weighted by atomic mass is 16.6. The van der Waals surface area contributed by atoms with Gasteiger partial charge in [0.05, 0.1) is 4.92 Å². The van der Waals surface area contributed by atoms with Crippen molar-refractivity contribution in [3.63, 3.8) is 0 Å². The minimum absolute atomic E-state index is 0.123. The number of nitro groups is 1. The Morgan fingerprint density at radius 2 is 2.05 bits per heavy atom. The minimum atomic E-state index is -0.567. The molecule has 2 rings (SSSR count). The Hall–Kier alpha value is -2.02. The number of carbonyl (C=O) groups excluding carboxylic acids is 1. The van der Waals surface area contributed by atoms with Gasteiger partial charge in [0.15, 0.2) is 5.78 Å². The monoisotopic (exact) mass is 278 g/mol. The van der Waals surface area contributed by atoms with Crippen LogP contribution >= 0.6 is 0 Å². The molecule has 7 heteroatoms. The number of piperazine rings is 1. The molecule has 1 aromatic heterocycles. The molecule has 0 atom stereocenters. The number of Topliss-reactive ketones (excluding diaryl/α,β-unsaturated/α-hetero) is 1.